The molecule has 0 saturated carbocycles. The predicted octanol–water partition coefficient (Wildman–Crippen LogP) is 2.85. The fourth-order valence-corrected chi connectivity index (χ4v) is 2.18. The van der Waals surface area contributed by atoms with E-state index < -0.39 is 0 Å². The van der Waals surface area contributed by atoms with Gasteiger partial charge in [0.15, 0.2) is 0 Å². The SMILES string of the molecule is CCCCOC(=O)c1[nH]cc2c1CCCC2. The van der Waals surface area contributed by atoms with Crippen LogP contribution in [0.2, 0.25) is 0 Å². The Balaban J connectivity index is 2.03. The second kappa shape index (κ2) is 5.19. The van der Waals surface area contributed by atoms with Gasteiger partial charge in [0.2, 0.25) is 0 Å². The van der Waals surface area contributed by atoms with Gasteiger partial charge in [-0.15, -0.1) is 0 Å². The van der Waals surface area contributed by atoms with Crippen LogP contribution in [0.15, 0.2) is 6.20 Å². The van der Waals surface area contributed by atoms with Crippen LogP contribution in [0.3, 0.4) is 0 Å². The van der Waals surface area contributed by atoms with E-state index in [0.29, 0.717) is 12.3 Å². The van der Waals surface area contributed by atoms with Crippen molar-refractivity contribution in [3.05, 3.63) is 23.0 Å². The molecule has 3 nitrogen and oxygen atoms in total. The van der Waals surface area contributed by atoms with E-state index in [9.17, 15) is 4.79 Å². The molecule has 2 rings (SSSR count). The van der Waals surface area contributed by atoms with Gasteiger partial charge < -0.3 is 9.72 Å². The van der Waals surface area contributed by atoms with Crippen LogP contribution in [0.5, 0.6) is 0 Å². The number of carbonyl (C=O) groups is 1. The number of fused-ring (bicyclic) bond motifs is 1. The molecule has 0 atom stereocenters. The molecular weight excluding hydrogens is 202 g/mol. The van der Waals surface area contributed by atoms with Crippen molar-refractivity contribution in [2.24, 2.45) is 0 Å². The number of carbonyl (C=O) groups excluding carboxylic acids is 1. The zero-order chi connectivity index (χ0) is 11.4. The Kier molecular flexibility index (Phi) is 3.65. The third-order valence-electron chi connectivity index (χ3n) is 3.14. The molecule has 1 aromatic rings. The molecule has 0 aromatic carbocycles. The maximum Gasteiger partial charge on any atom is 0.355 e. The highest BCUT2D eigenvalue weighted by Crippen LogP contribution is 2.24. The Morgan fingerprint density at radius 2 is 2.25 bits per heavy atom. The molecule has 1 N–H and O–H groups in total. The average Bonchev–Trinajstić information content (AvgIpc) is 2.73. The second-order valence-electron chi connectivity index (χ2n) is 4.36. The molecule has 0 spiro atoms. The van der Waals surface area contributed by atoms with Crippen LogP contribution in [-0.4, -0.2) is 17.6 Å². The van der Waals surface area contributed by atoms with Crippen molar-refractivity contribution in [1.82, 2.24) is 4.98 Å². The number of nitrogens with one attached hydrogen (secondary N) is 1. The first-order valence-electron chi connectivity index (χ1n) is 6.19. The summed E-state index contributed by atoms with van der Waals surface area (Å²) in [7, 11) is 0. The fraction of sp³-hybridized carbons (Fsp3) is 0.615. The predicted molar refractivity (Wildman–Crippen MR) is 62.6 cm³/mol. The number of aromatic nitrogens is 1. The minimum absolute atomic E-state index is 0.184. The third-order valence-corrected chi connectivity index (χ3v) is 3.14. The lowest BCUT2D eigenvalue weighted by molar-refractivity contribution is 0.0492. The van der Waals surface area contributed by atoms with Crippen molar-refractivity contribution >= 4 is 5.97 Å². The lowest BCUT2D eigenvalue weighted by atomic mass is 9.94. The van der Waals surface area contributed by atoms with Gasteiger partial charge in [0.25, 0.3) is 0 Å². The van der Waals surface area contributed by atoms with Crippen LogP contribution in [0, 0.1) is 0 Å². The summed E-state index contributed by atoms with van der Waals surface area (Å²) in [5.41, 5.74) is 3.17. The van der Waals surface area contributed by atoms with Gasteiger partial charge in [0, 0.05) is 6.20 Å². The van der Waals surface area contributed by atoms with E-state index in [0.717, 1.165) is 25.7 Å². The number of aromatic amines is 1. The maximum absolute atomic E-state index is 11.8. The quantitative estimate of drug-likeness (QED) is 0.627. The molecule has 0 unspecified atom stereocenters. The van der Waals surface area contributed by atoms with Crippen molar-refractivity contribution < 1.29 is 9.53 Å². The van der Waals surface area contributed by atoms with Crippen LogP contribution in [0.4, 0.5) is 0 Å². The van der Waals surface area contributed by atoms with Gasteiger partial charge in [-0.05, 0) is 43.2 Å². The fourth-order valence-electron chi connectivity index (χ4n) is 2.18. The molecule has 0 aliphatic heterocycles. The highest BCUT2D eigenvalue weighted by atomic mass is 16.5. The summed E-state index contributed by atoms with van der Waals surface area (Å²) < 4.78 is 5.22. The van der Waals surface area contributed by atoms with Crippen molar-refractivity contribution in [3.8, 4) is 0 Å². The molecular formula is C13H19NO2. The van der Waals surface area contributed by atoms with Gasteiger partial charge in [0.1, 0.15) is 5.69 Å². The van der Waals surface area contributed by atoms with Crippen LogP contribution in [0.1, 0.15) is 54.2 Å². The molecule has 88 valence electrons. The summed E-state index contributed by atoms with van der Waals surface area (Å²) >= 11 is 0. The molecule has 0 radical (unpaired) electrons. The largest absolute Gasteiger partial charge is 0.461 e. The van der Waals surface area contributed by atoms with Crippen molar-refractivity contribution in [2.45, 2.75) is 45.4 Å². The van der Waals surface area contributed by atoms with E-state index in [2.05, 4.69) is 11.9 Å². The van der Waals surface area contributed by atoms with Gasteiger partial charge in [0.05, 0.1) is 6.61 Å². The summed E-state index contributed by atoms with van der Waals surface area (Å²) in [4.78, 5) is 14.9. The topological polar surface area (TPSA) is 42.1 Å². The van der Waals surface area contributed by atoms with Crippen molar-refractivity contribution in [1.29, 1.82) is 0 Å². The highest BCUT2D eigenvalue weighted by Gasteiger charge is 2.20. The molecule has 1 aromatic heterocycles. The first-order valence-corrected chi connectivity index (χ1v) is 6.19. The number of H-pyrrole nitrogens is 1. The second-order valence-corrected chi connectivity index (χ2v) is 4.36. The standard InChI is InChI=1S/C13H19NO2/c1-2-3-8-16-13(15)12-11-7-5-4-6-10(11)9-14-12/h9,14H,2-8H2,1H3. The lowest BCUT2D eigenvalue weighted by Gasteiger charge is -2.12. The summed E-state index contributed by atoms with van der Waals surface area (Å²) in [6, 6.07) is 0. The maximum atomic E-state index is 11.8. The van der Waals surface area contributed by atoms with Crippen LogP contribution in [-0.2, 0) is 17.6 Å². The first kappa shape index (κ1) is 11.2. The Labute approximate surface area is 96.2 Å². The number of hydrogen-bond donors (Lipinski definition) is 1. The van der Waals surface area contributed by atoms with Crippen LogP contribution in [0.25, 0.3) is 0 Å². The van der Waals surface area contributed by atoms with E-state index in [1.807, 2.05) is 6.20 Å². The minimum atomic E-state index is -0.184. The van der Waals surface area contributed by atoms with E-state index >= 15 is 0 Å². The Morgan fingerprint density at radius 3 is 3.06 bits per heavy atom. The number of hydrogen-bond acceptors (Lipinski definition) is 2. The molecule has 1 heterocycles. The molecule has 16 heavy (non-hydrogen) atoms. The van der Waals surface area contributed by atoms with Crippen LogP contribution < -0.4 is 0 Å². The summed E-state index contributed by atoms with van der Waals surface area (Å²) in [6.45, 7) is 2.62. The molecule has 0 bridgehead atoms. The van der Waals surface area contributed by atoms with Gasteiger partial charge in [-0.2, -0.15) is 0 Å². The highest BCUT2D eigenvalue weighted by molar-refractivity contribution is 5.89. The Bertz CT molecular complexity index is 368. The number of aryl methyl sites for hydroxylation is 1. The van der Waals surface area contributed by atoms with Crippen LogP contribution >= 0.6 is 0 Å². The van der Waals surface area contributed by atoms with Gasteiger partial charge in [-0.25, -0.2) is 4.79 Å². The first-order chi connectivity index (χ1) is 7.83. The van der Waals surface area contributed by atoms with E-state index in [4.69, 9.17) is 4.74 Å². The summed E-state index contributed by atoms with van der Waals surface area (Å²) in [6.07, 6.45) is 8.47. The molecule has 0 fully saturated rings. The molecule has 3 heteroatoms. The molecule has 1 aliphatic rings. The molecule has 0 saturated heterocycles. The zero-order valence-corrected chi connectivity index (χ0v) is 9.84. The van der Waals surface area contributed by atoms with Gasteiger partial charge in [-0.1, -0.05) is 13.3 Å². The normalized spacial score (nSPS) is 14.6. The summed E-state index contributed by atoms with van der Waals surface area (Å²) in [5, 5.41) is 0. The number of rotatable bonds is 4. The monoisotopic (exact) mass is 221 g/mol. The molecule has 1 aliphatic carbocycles. The van der Waals surface area contributed by atoms with Gasteiger partial charge in [-0.3, -0.25) is 0 Å². The number of unbranched alkanes of at least 4 members (excludes halogenated alkanes) is 1. The van der Waals surface area contributed by atoms with E-state index in [1.54, 1.807) is 0 Å². The zero-order valence-electron chi connectivity index (χ0n) is 9.84. The number of ether oxygens (including phenoxy) is 1. The Morgan fingerprint density at radius 1 is 1.44 bits per heavy atom. The van der Waals surface area contributed by atoms with Gasteiger partial charge >= 0.3 is 5.97 Å². The minimum Gasteiger partial charge on any atom is -0.461 e. The van der Waals surface area contributed by atoms with E-state index in [-0.39, 0.29) is 5.97 Å². The lowest BCUT2D eigenvalue weighted by Crippen LogP contribution is -2.11. The van der Waals surface area contributed by atoms with E-state index in [1.165, 1.54) is 24.0 Å². The summed E-state index contributed by atoms with van der Waals surface area (Å²) in [5.74, 6) is -0.184. The Hall–Kier alpha value is -1.25. The van der Waals surface area contributed by atoms with Crippen molar-refractivity contribution in [3.63, 3.8) is 0 Å². The third kappa shape index (κ3) is 2.29. The number of esters is 1. The molecule has 0 amide bonds. The smallest absolute Gasteiger partial charge is 0.355 e. The average molecular weight is 221 g/mol. The van der Waals surface area contributed by atoms with Crippen molar-refractivity contribution in [2.75, 3.05) is 6.61 Å².